The van der Waals surface area contributed by atoms with Gasteiger partial charge in [0, 0.05) is 17.1 Å². The Morgan fingerprint density at radius 3 is 2.00 bits per heavy atom. The minimum atomic E-state index is 0. The van der Waals surface area contributed by atoms with Gasteiger partial charge in [-0.15, -0.1) is 6.58 Å². The third kappa shape index (κ3) is 13.3. The Morgan fingerprint density at radius 2 is 2.00 bits per heavy atom. The van der Waals surface area contributed by atoms with Crippen molar-refractivity contribution in [1.82, 2.24) is 0 Å². The van der Waals surface area contributed by atoms with Crippen molar-refractivity contribution < 1.29 is 17.1 Å². The summed E-state index contributed by atoms with van der Waals surface area (Å²) in [6.45, 7) is 3.48. The number of allylic oxidation sites excluding steroid dienone is 1. The van der Waals surface area contributed by atoms with Gasteiger partial charge in [0.05, 0.1) is 0 Å². The minimum Gasteiger partial charge on any atom is -0.104 e. The van der Waals surface area contributed by atoms with Crippen LogP contribution in [0.5, 0.6) is 0 Å². The van der Waals surface area contributed by atoms with Gasteiger partial charge < -0.3 is 0 Å². The second-order valence-electron chi connectivity index (χ2n) is 0.697. The SMILES string of the molecule is BCC=C.[Cu]. The molecule has 0 aromatic carbocycles. The number of rotatable bonds is 1. The van der Waals surface area contributed by atoms with E-state index >= 15 is 0 Å². The molecule has 0 heterocycles. The summed E-state index contributed by atoms with van der Waals surface area (Å²) in [5, 5.41) is 0. The van der Waals surface area contributed by atoms with Crippen LogP contribution in [0.4, 0.5) is 0 Å². The van der Waals surface area contributed by atoms with Gasteiger partial charge in [-0.3, -0.25) is 0 Å². The molecule has 0 N–H and O–H groups in total. The van der Waals surface area contributed by atoms with Crippen molar-refractivity contribution in [1.29, 1.82) is 0 Å². The molecule has 0 unspecified atom stereocenters. The van der Waals surface area contributed by atoms with Gasteiger partial charge in [0.15, 0.2) is 0 Å². The fraction of sp³-hybridized carbons (Fsp3) is 0.333. The van der Waals surface area contributed by atoms with Crippen LogP contribution in [0.2, 0.25) is 6.32 Å². The molecule has 0 saturated heterocycles. The first-order chi connectivity index (χ1) is 1.91. The molecule has 0 fully saturated rings. The zero-order chi connectivity index (χ0) is 3.41. The molecule has 1 radical (unpaired) electrons. The zero-order valence-electron chi connectivity index (χ0n) is 3.29. The fourth-order valence-corrected chi connectivity index (χ4v) is 0. The second kappa shape index (κ2) is 8.85. The van der Waals surface area contributed by atoms with Gasteiger partial charge in [-0.05, 0) is 0 Å². The van der Waals surface area contributed by atoms with E-state index in [-0.39, 0.29) is 17.1 Å². The van der Waals surface area contributed by atoms with E-state index in [2.05, 4.69) is 14.4 Å². The molecule has 0 amide bonds. The quantitative estimate of drug-likeness (QED) is 0.341. The number of hydrogen-bond donors (Lipinski definition) is 0. The second-order valence-corrected chi connectivity index (χ2v) is 0.697. The van der Waals surface area contributed by atoms with Crippen molar-refractivity contribution in [3.05, 3.63) is 12.7 Å². The Labute approximate surface area is 44.5 Å². The van der Waals surface area contributed by atoms with Crippen LogP contribution >= 0.6 is 0 Å². The van der Waals surface area contributed by atoms with Crippen LogP contribution < -0.4 is 0 Å². The van der Waals surface area contributed by atoms with Crippen molar-refractivity contribution in [2.75, 3.05) is 0 Å². The van der Waals surface area contributed by atoms with Crippen LogP contribution in [0.15, 0.2) is 12.7 Å². The topological polar surface area (TPSA) is 0 Å². The third-order valence-electron chi connectivity index (χ3n) is 0.289. The summed E-state index contributed by atoms with van der Waals surface area (Å²) >= 11 is 0. The molecule has 33 valence electrons. The molecular formula is C3H7BCu. The maximum Gasteiger partial charge on any atom is 0.106 e. The first kappa shape index (κ1) is 9.01. The Hall–Kier alpha value is 0.324. The molecule has 0 aliphatic carbocycles. The van der Waals surface area contributed by atoms with Gasteiger partial charge in [0.25, 0.3) is 0 Å². The molecule has 0 aliphatic heterocycles. The Morgan fingerprint density at radius 1 is 1.80 bits per heavy atom. The maximum atomic E-state index is 3.48. The molecule has 5 heavy (non-hydrogen) atoms. The summed E-state index contributed by atoms with van der Waals surface area (Å²) in [4.78, 5) is 0. The molecule has 0 nitrogen and oxygen atoms in total. The molecular weight excluding hydrogens is 110 g/mol. The first-order valence-corrected chi connectivity index (χ1v) is 1.52. The molecule has 0 atom stereocenters. The molecule has 0 rings (SSSR count). The van der Waals surface area contributed by atoms with Gasteiger partial charge in [-0.2, -0.15) is 0 Å². The summed E-state index contributed by atoms with van der Waals surface area (Å²) in [7, 11) is 2.06. The summed E-state index contributed by atoms with van der Waals surface area (Å²) in [5.41, 5.74) is 0. The molecule has 0 aromatic heterocycles. The van der Waals surface area contributed by atoms with Crippen molar-refractivity contribution in [2.24, 2.45) is 0 Å². The van der Waals surface area contributed by atoms with E-state index in [1.165, 1.54) is 0 Å². The molecule has 2 heteroatoms. The fourth-order valence-electron chi connectivity index (χ4n) is 0. The van der Waals surface area contributed by atoms with E-state index in [1.54, 1.807) is 0 Å². The van der Waals surface area contributed by atoms with Gasteiger partial charge in [0.1, 0.15) is 7.85 Å². The smallest absolute Gasteiger partial charge is 0.104 e. The predicted molar refractivity (Wildman–Crippen MR) is 23.5 cm³/mol. The maximum absolute atomic E-state index is 3.48. The van der Waals surface area contributed by atoms with Gasteiger partial charge >= 0.3 is 0 Å². The molecule has 0 spiro atoms. The average Bonchev–Trinajstić information content (AvgIpc) is 1.37. The predicted octanol–water partition coefficient (Wildman–Crippen LogP) is 0.221. The van der Waals surface area contributed by atoms with Crippen LogP contribution in [-0.4, -0.2) is 7.85 Å². The number of hydrogen-bond acceptors (Lipinski definition) is 0. The van der Waals surface area contributed by atoms with E-state index < -0.39 is 0 Å². The summed E-state index contributed by atoms with van der Waals surface area (Å²) in [6, 6.07) is 0. The summed E-state index contributed by atoms with van der Waals surface area (Å²) in [5.74, 6) is 0. The van der Waals surface area contributed by atoms with Crippen molar-refractivity contribution >= 4 is 7.85 Å². The monoisotopic (exact) mass is 117 g/mol. The van der Waals surface area contributed by atoms with Crippen LogP contribution in [0.25, 0.3) is 0 Å². The van der Waals surface area contributed by atoms with Crippen LogP contribution in [0.3, 0.4) is 0 Å². The Balaban J connectivity index is 0. The average molecular weight is 117 g/mol. The van der Waals surface area contributed by atoms with Crippen LogP contribution in [0, 0.1) is 0 Å². The molecule has 0 aliphatic rings. The Bertz CT molecular complexity index is 20.9. The van der Waals surface area contributed by atoms with E-state index in [0.29, 0.717) is 0 Å². The molecule has 0 saturated carbocycles. The van der Waals surface area contributed by atoms with Crippen LogP contribution in [-0.2, 0) is 17.1 Å². The van der Waals surface area contributed by atoms with E-state index in [9.17, 15) is 0 Å². The largest absolute Gasteiger partial charge is 0.106 e. The zero-order valence-corrected chi connectivity index (χ0v) is 4.23. The van der Waals surface area contributed by atoms with E-state index in [4.69, 9.17) is 0 Å². The molecule has 0 aromatic rings. The van der Waals surface area contributed by atoms with Gasteiger partial charge in [-0.25, -0.2) is 0 Å². The molecule has 0 bridgehead atoms. The van der Waals surface area contributed by atoms with Crippen molar-refractivity contribution in [3.63, 3.8) is 0 Å². The van der Waals surface area contributed by atoms with Crippen molar-refractivity contribution in [2.45, 2.75) is 6.32 Å². The van der Waals surface area contributed by atoms with E-state index in [1.807, 2.05) is 6.08 Å². The summed E-state index contributed by atoms with van der Waals surface area (Å²) in [6.07, 6.45) is 2.96. The standard InChI is InChI=1S/C3H7B.Cu/c1-2-3-4;/h2H,1,3-4H2;. The first-order valence-electron chi connectivity index (χ1n) is 1.52. The van der Waals surface area contributed by atoms with Crippen LogP contribution in [0.1, 0.15) is 0 Å². The minimum absolute atomic E-state index is 0. The third-order valence-corrected chi connectivity index (χ3v) is 0.289. The van der Waals surface area contributed by atoms with Gasteiger partial charge in [0.2, 0.25) is 0 Å². The summed E-state index contributed by atoms with van der Waals surface area (Å²) < 4.78 is 0. The Kier molecular flexibility index (Phi) is 15.9. The van der Waals surface area contributed by atoms with E-state index in [0.717, 1.165) is 6.32 Å². The normalized spacial score (nSPS) is 4.80. The van der Waals surface area contributed by atoms with Crippen molar-refractivity contribution in [3.8, 4) is 0 Å². The van der Waals surface area contributed by atoms with Gasteiger partial charge in [-0.1, -0.05) is 12.4 Å².